The van der Waals surface area contributed by atoms with Gasteiger partial charge < -0.3 is 10.5 Å². The van der Waals surface area contributed by atoms with E-state index in [0.29, 0.717) is 27.9 Å². The van der Waals surface area contributed by atoms with Gasteiger partial charge >= 0.3 is 0 Å². The number of halogens is 3. The van der Waals surface area contributed by atoms with Gasteiger partial charge in [-0.2, -0.15) is 0 Å². The third-order valence-corrected chi connectivity index (χ3v) is 3.17. The summed E-state index contributed by atoms with van der Waals surface area (Å²) in [5.74, 6) is 0.0852. The van der Waals surface area contributed by atoms with Crippen molar-refractivity contribution in [3.63, 3.8) is 0 Å². The molecule has 0 aromatic heterocycles. The van der Waals surface area contributed by atoms with Gasteiger partial charge in [-0.1, -0.05) is 29.3 Å². The quantitative estimate of drug-likeness (QED) is 0.919. The standard InChI is InChI=1S/C14H12Cl2FNO/c15-11-2-3-12(16)14(6-11)19-8-10-5-9(7-18)1-4-13(10)17/h1-6H,7-8,18H2. The zero-order chi connectivity index (χ0) is 13.8. The Hall–Kier alpha value is -1.29. The smallest absolute Gasteiger partial charge is 0.139 e. The molecule has 0 amide bonds. The molecule has 2 nitrogen and oxygen atoms in total. The summed E-state index contributed by atoms with van der Waals surface area (Å²) in [7, 11) is 0. The average Bonchev–Trinajstić information content (AvgIpc) is 2.41. The minimum Gasteiger partial charge on any atom is -0.487 e. The molecule has 0 aliphatic rings. The Kier molecular flexibility index (Phi) is 4.64. The lowest BCUT2D eigenvalue weighted by molar-refractivity contribution is 0.300. The molecule has 0 radical (unpaired) electrons. The van der Waals surface area contributed by atoms with Crippen molar-refractivity contribution in [3.05, 3.63) is 63.4 Å². The molecule has 0 aliphatic carbocycles. The fourth-order valence-electron chi connectivity index (χ4n) is 1.61. The Morgan fingerprint density at radius 3 is 2.63 bits per heavy atom. The van der Waals surface area contributed by atoms with E-state index in [1.807, 2.05) is 0 Å². The molecule has 0 atom stereocenters. The summed E-state index contributed by atoms with van der Waals surface area (Å²) in [5, 5.41) is 0.940. The van der Waals surface area contributed by atoms with Crippen molar-refractivity contribution in [1.29, 1.82) is 0 Å². The Labute approximate surface area is 120 Å². The molecular weight excluding hydrogens is 288 g/mol. The van der Waals surface area contributed by atoms with Gasteiger partial charge in [0.15, 0.2) is 0 Å². The van der Waals surface area contributed by atoms with E-state index < -0.39 is 0 Å². The summed E-state index contributed by atoms with van der Waals surface area (Å²) in [4.78, 5) is 0. The predicted molar refractivity (Wildman–Crippen MR) is 75.1 cm³/mol. The Morgan fingerprint density at radius 2 is 1.89 bits per heavy atom. The summed E-state index contributed by atoms with van der Waals surface area (Å²) in [6.07, 6.45) is 0. The number of ether oxygens (including phenoxy) is 1. The topological polar surface area (TPSA) is 35.2 Å². The number of nitrogens with two attached hydrogens (primary N) is 1. The van der Waals surface area contributed by atoms with Crippen LogP contribution in [-0.2, 0) is 13.2 Å². The normalized spacial score (nSPS) is 10.5. The van der Waals surface area contributed by atoms with Crippen molar-refractivity contribution in [2.75, 3.05) is 0 Å². The first-order valence-corrected chi connectivity index (χ1v) is 6.41. The highest BCUT2D eigenvalue weighted by atomic mass is 35.5. The van der Waals surface area contributed by atoms with Crippen LogP contribution < -0.4 is 10.5 Å². The van der Waals surface area contributed by atoms with E-state index in [1.165, 1.54) is 6.07 Å². The maximum atomic E-state index is 13.6. The van der Waals surface area contributed by atoms with E-state index in [0.717, 1.165) is 5.56 Å². The van der Waals surface area contributed by atoms with Gasteiger partial charge in [-0.15, -0.1) is 0 Å². The van der Waals surface area contributed by atoms with Crippen molar-refractivity contribution in [2.45, 2.75) is 13.2 Å². The molecule has 0 aliphatic heterocycles. The Morgan fingerprint density at radius 1 is 1.11 bits per heavy atom. The van der Waals surface area contributed by atoms with Gasteiger partial charge in [0, 0.05) is 23.2 Å². The van der Waals surface area contributed by atoms with E-state index in [1.54, 1.807) is 30.3 Å². The predicted octanol–water partition coefficient (Wildman–Crippen LogP) is 4.17. The SMILES string of the molecule is NCc1ccc(F)c(COc2cc(Cl)ccc2Cl)c1. The van der Waals surface area contributed by atoms with E-state index in [9.17, 15) is 4.39 Å². The lowest BCUT2D eigenvalue weighted by Crippen LogP contribution is -2.02. The monoisotopic (exact) mass is 299 g/mol. The van der Waals surface area contributed by atoms with Crippen LogP contribution in [0.15, 0.2) is 36.4 Å². The summed E-state index contributed by atoms with van der Waals surface area (Å²) >= 11 is 11.8. The zero-order valence-electron chi connectivity index (χ0n) is 10.00. The first-order chi connectivity index (χ1) is 9.10. The largest absolute Gasteiger partial charge is 0.487 e. The lowest BCUT2D eigenvalue weighted by atomic mass is 10.1. The third kappa shape index (κ3) is 3.60. The highest BCUT2D eigenvalue weighted by Crippen LogP contribution is 2.28. The third-order valence-electron chi connectivity index (χ3n) is 2.62. The molecule has 0 saturated heterocycles. The van der Waals surface area contributed by atoms with E-state index in [4.69, 9.17) is 33.7 Å². The average molecular weight is 300 g/mol. The number of benzene rings is 2. The van der Waals surface area contributed by atoms with Gasteiger partial charge in [-0.05, 0) is 29.8 Å². The van der Waals surface area contributed by atoms with Crippen molar-refractivity contribution in [1.82, 2.24) is 0 Å². The molecule has 0 saturated carbocycles. The summed E-state index contributed by atoms with van der Waals surface area (Å²) in [6, 6.07) is 9.58. The molecule has 0 spiro atoms. The fourth-order valence-corrected chi connectivity index (χ4v) is 1.94. The maximum absolute atomic E-state index is 13.6. The highest BCUT2D eigenvalue weighted by Gasteiger charge is 2.07. The van der Waals surface area contributed by atoms with Crippen LogP contribution in [0, 0.1) is 5.82 Å². The van der Waals surface area contributed by atoms with Crippen molar-refractivity contribution in [3.8, 4) is 5.75 Å². The summed E-state index contributed by atoms with van der Waals surface area (Å²) in [6.45, 7) is 0.422. The molecule has 5 heteroatoms. The molecule has 0 unspecified atom stereocenters. The molecule has 2 rings (SSSR count). The molecule has 100 valence electrons. The van der Waals surface area contributed by atoms with Crippen molar-refractivity contribution >= 4 is 23.2 Å². The first-order valence-electron chi connectivity index (χ1n) is 5.65. The Balaban J connectivity index is 2.16. The van der Waals surface area contributed by atoms with Crippen molar-refractivity contribution < 1.29 is 9.13 Å². The van der Waals surface area contributed by atoms with Crippen molar-refractivity contribution in [2.24, 2.45) is 5.73 Å². The number of hydrogen-bond donors (Lipinski definition) is 1. The van der Waals surface area contributed by atoms with Gasteiger partial charge in [0.25, 0.3) is 0 Å². The second kappa shape index (κ2) is 6.24. The Bertz CT molecular complexity index is 590. The van der Waals surface area contributed by atoms with Crippen LogP contribution in [-0.4, -0.2) is 0 Å². The number of rotatable bonds is 4. The lowest BCUT2D eigenvalue weighted by Gasteiger charge is -2.10. The minimum atomic E-state index is -0.338. The van der Waals surface area contributed by atoms with Gasteiger partial charge in [0.1, 0.15) is 18.2 Å². The first kappa shape index (κ1) is 14.1. The molecular formula is C14H12Cl2FNO. The van der Waals surface area contributed by atoms with Crippen LogP contribution in [0.1, 0.15) is 11.1 Å². The highest BCUT2D eigenvalue weighted by molar-refractivity contribution is 6.34. The van der Waals surface area contributed by atoms with Crippen LogP contribution in [0.5, 0.6) is 5.75 Å². The molecule has 2 aromatic carbocycles. The van der Waals surface area contributed by atoms with E-state index >= 15 is 0 Å². The van der Waals surface area contributed by atoms with E-state index in [2.05, 4.69) is 0 Å². The summed E-state index contributed by atoms with van der Waals surface area (Å²) in [5.41, 5.74) is 6.79. The second-order valence-corrected chi connectivity index (χ2v) is 4.84. The molecule has 2 aromatic rings. The zero-order valence-corrected chi connectivity index (χ0v) is 11.5. The maximum Gasteiger partial charge on any atom is 0.139 e. The summed E-state index contributed by atoms with van der Waals surface area (Å²) < 4.78 is 19.1. The second-order valence-electron chi connectivity index (χ2n) is 3.99. The number of hydrogen-bond acceptors (Lipinski definition) is 2. The molecule has 2 N–H and O–H groups in total. The van der Waals surface area contributed by atoms with Gasteiger partial charge in [0.05, 0.1) is 5.02 Å². The molecule has 0 heterocycles. The minimum absolute atomic E-state index is 0.0692. The van der Waals surface area contributed by atoms with Crippen LogP contribution in [0.2, 0.25) is 10.0 Å². The molecule has 0 bridgehead atoms. The van der Waals surface area contributed by atoms with Gasteiger partial charge in [-0.3, -0.25) is 0 Å². The van der Waals surface area contributed by atoms with Gasteiger partial charge in [-0.25, -0.2) is 4.39 Å². The van der Waals surface area contributed by atoms with Crippen LogP contribution >= 0.6 is 23.2 Å². The van der Waals surface area contributed by atoms with Crippen LogP contribution in [0.25, 0.3) is 0 Å². The van der Waals surface area contributed by atoms with E-state index in [-0.39, 0.29) is 12.4 Å². The van der Waals surface area contributed by atoms with Crippen LogP contribution in [0.3, 0.4) is 0 Å². The van der Waals surface area contributed by atoms with Gasteiger partial charge in [0.2, 0.25) is 0 Å². The molecule has 19 heavy (non-hydrogen) atoms. The fraction of sp³-hybridized carbons (Fsp3) is 0.143. The van der Waals surface area contributed by atoms with Crippen LogP contribution in [0.4, 0.5) is 4.39 Å². The molecule has 0 fully saturated rings.